The van der Waals surface area contributed by atoms with Crippen molar-refractivity contribution in [2.24, 2.45) is 11.8 Å². The van der Waals surface area contributed by atoms with E-state index in [2.05, 4.69) is 0 Å². The van der Waals surface area contributed by atoms with Crippen LogP contribution in [0.2, 0.25) is 0 Å². The first-order chi connectivity index (χ1) is 10.0. The maximum Gasteiger partial charge on any atom is 0.306 e. The lowest BCUT2D eigenvalue weighted by Crippen LogP contribution is -2.39. The van der Waals surface area contributed by atoms with Gasteiger partial charge in [0.05, 0.1) is 5.92 Å². The number of amides is 1. The monoisotopic (exact) mass is 293 g/mol. The first kappa shape index (κ1) is 15.5. The Hall–Kier alpha value is -1.91. The second-order valence-corrected chi connectivity index (χ2v) is 5.46. The van der Waals surface area contributed by atoms with Gasteiger partial charge in [-0.25, -0.2) is 4.39 Å². The fourth-order valence-corrected chi connectivity index (χ4v) is 2.97. The van der Waals surface area contributed by atoms with Gasteiger partial charge in [-0.05, 0) is 44.4 Å². The van der Waals surface area contributed by atoms with Crippen molar-refractivity contribution in [1.29, 1.82) is 0 Å². The molecule has 1 N–H and O–H groups in total. The van der Waals surface area contributed by atoms with Crippen LogP contribution in [-0.2, 0) is 9.59 Å². The summed E-state index contributed by atoms with van der Waals surface area (Å²) in [6, 6.07) is 5.94. The molecule has 1 aliphatic rings. The quantitative estimate of drug-likeness (QED) is 0.928. The van der Waals surface area contributed by atoms with E-state index in [4.69, 9.17) is 5.11 Å². The first-order valence-electron chi connectivity index (χ1n) is 7.32. The molecule has 5 heteroatoms. The Balaban J connectivity index is 2.14. The summed E-state index contributed by atoms with van der Waals surface area (Å²) in [5, 5.41) is 9.11. The maximum atomic E-state index is 13.3. The molecule has 1 fully saturated rings. The van der Waals surface area contributed by atoms with E-state index in [1.54, 1.807) is 12.1 Å². The molecule has 1 amide bonds. The smallest absolute Gasteiger partial charge is 0.306 e. The van der Waals surface area contributed by atoms with E-state index >= 15 is 0 Å². The lowest BCUT2D eigenvalue weighted by Gasteiger charge is -2.31. The molecule has 0 heterocycles. The van der Waals surface area contributed by atoms with Gasteiger partial charge in [0.15, 0.2) is 0 Å². The summed E-state index contributed by atoms with van der Waals surface area (Å²) in [6.45, 7) is 2.27. The third-order valence-corrected chi connectivity index (χ3v) is 4.07. The van der Waals surface area contributed by atoms with Crippen molar-refractivity contribution >= 4 is 17.6 Å². The summed E-state index contributed by atoms with van der Waals surface area (Å²) in [4.78, 5) is 25.3. The predicted octanol–water partition coefficient (Wildman–Crippen LogP) is 3.07. The molecule has 0 aliphatic heterocycles. The average Bonchev–Trinajstić information content (AvgIpc) is 2.48. The normalized spacial score (nSPS) is 21.8. The molecular formula is C16H20FNO3. The Morgan fingerprint density at radius 2 is 2.05 bits per heavy atom. The highest BCUT2D eigenvalue weighted by molar-refractivity contribution is 5.95. The van der Waals surface area contributed by atoms with Crippen LogP contribution in [0.1, 0.15) is 32.6 Å². The van der Waals surface area contributed by atoms with Crippen molar-refractivity contribution < 1.29 is 19.1 Å². The molecule has 1 aromatic rings. The van der Waals surface area contributed by atoms with E-state index in [9.17, 15) is 14.0 Å². The molecular weight excluding hydrogens is 273 g/mol. The number of carbonyl (C=O) groups is 2. The number of hydrogen-bond donors (Lipinski definition) is 1. The predicted molar refractivity (Wildman–Crippen MR) is 77.5 cm³/mol. The minimum absolute atomic E-state index is 0.103. The highest BCUT2D eigenvalue weighted by Crippen LogP contribution is 2.31. The van der Waals surface area contributed by atoms with Gasteiger partial charge in [0, 0.05) is 18.2 Å². The Morgan fingerprint density at radius 1 is 1.33 bits per heavy atom. The van der Waals surface area contributed by atoms with Crippen LogP contribution >= 0.6 is 0 Å². The van der Waals surface area contributed by atoms with Gasteiger partial charge < -0.3 is 10.0 Å². The lowest BCUT2D eigenvalue weighted by molar-refractivity contribution is -0.143. The van der Waals surface area contributed by atoms with Gasteiger partial charge in [-0.15, -0.1) is 0 Å². The van der Waals surface area contributed by atoms with E-state index in [0.717, 1.165) is 6.42 Å². The standard InChI is InChI=1S/C16H20FNO3/c1-2-18(14-8-4-7-13(17)10-14)15(19)11-5-3-6-12(9-11)16(20)21/h4,7-8,10-12H,2-3,5-6,9H2,1H3,(H,20,21). The fourth-order valence-electron chi connectivity index (χ4n) is 2.97. The Kier molecular flexibility index (Phi) is 4.94. The SMILES string of the molecule is CCN(C(=O)C1CCCC(C(=O)O)C1)c1cccc(F)c1. The third-order valence-electron chi connectivity index (χ3n) is 4.07. The summed E-state index contributed by atoms with van der Waals surface area (Å²) in [6.07, 6.45) is 2.45. The molecule has 4 nitrogen and oxygen atoms in total. The Labute approximate surface area is 123 Å². The molecule has 1 saturated carbocycles. The summed E-state index contributed by atoms with van der Waals surface area (Å²) in [7, 11) is 0. The average molecular weight is 293 g/mol. The molecule has 1 aromatic carbocycles. The molecule has 0 spiro atoms. The second kappa shape index (κ2) is 6.70. The molecule has 114 valence electrons. The molecule has 0 bridgehead atoms. The summed E-state index contributed by atoms with van der Waals surface area (Å²) >= 11 is 0. The number of carbonyl (C=O) groups excluding carboxylic acids is 1. The van der Waals surface area contributed by atoms with Crippen LogP contribution in [0.25, 0.3) is 0 Å². The van der Waals surface area contributed by atoms with Gasteiger partial charge >= 0.3 is 5.97 Å². The van der Waals surface area contributed by atoms with E-state index in [-0.39, 0.29) is 17.6 Å². The van der Waals surface area contributed by atoms with E-state index < -0.39 is 11.9 Å². The minimum Gasteiger partial charge on any atom is -0.481 e. The van der Waals surface area contributed by atoms with Crippen LogP contribution in [0, 0.1) is 17.7 Å². The molecule has 21 heavy (non-hydrogen) atoms. The van der Waals surface area contributed by atoms with Crippen molar-refractivity contribution in [3.63, 3.8) is 0 Å². The van der Waals surface area contributed by atoms with Gasteiger partial charge in [0.2, 0.25) is 5.91 Å². The lowest BCUT2D eigenvalue weighted by atomic mass is 9.80. The molecule has 2 unspecified atom stereocenters. The number of benzene rings is 1. The van der Waals surface area contributed by atoms with Crippen LogP contribution in [0.3, 0.4) is 0 Å². The summed E-state index contributed by atoms with van der Waals surface area (Å²) in [5.41, 5.74) is 0.528. The second-order valence-electron chi connectivity index (χ2n) is 5.46. The van der Waals surface area contributed by atoms with E-state index in [1.165, 1.54) is 17.0 Å². The number of hydrogen-bond acceptors (Lipinski definition) is 2. The first-order valence-corrected chi connectivity index (χ1v) is 7.32. The van der Waals surface area contributed by atoms with Crippen molar-refractivity contribution in [3.05, 3.63) is 30.1 Å². The van der Waals surface area contributed by atoms with Crippen LogP contribution in [0.5, 0.6) is 0 Å². The maximum absolute atomic E-state index is 13.3. The van der Waals surface area contributed by atoms with Crippen LogP contribution < -0.4 is 4.90 Å². The van der Waals surface area contributed by atoms with Crippen LogP contribution in [0.4, 0.5) is 10.1 Å². The summed E-state index contributed by atoms with van der Waals surface area (Å²) in [5.74, 6) is -2.05. The van der Waals surface area contributed by atoms with Crippen LogP contribution in [0.15, 0.2) is 24.3 Å². The molecule has 2 atom stereocenters. The van der Waals surface area contributed by atoms with Crippen LogP contribution in [-0.4, -0.2) is 23.5 Å². The Bertz CT molecular complexity index is 532. The van der Waals surface area contributed by atoms with Gasteiger partial charge in [-0.3, -0.25) is 9.59 Å². The van der Waals surface area contributed by atoms with Crippen molar-refractivity contribution in [3.8, 4) is 0 Å². The number of carboxylic acid groups (broad SMARTS) is 1. The molecule has 0 aromatic heterocycles. The van der Waals surface area contributed by atoms with E-state index in [0.29, 0.717) is 31.5 Å². The number of nitrogens with zero attached hydrogens (tertiary/aromatic N) is 1. The van der Waals surface area contributed by atoms with Gasteiger partial charge in [0.25, 0.3) is 0 Å². The third kappa shape index (κ3) is 3.60. The van der Waals surface area contributed by atoms with Gasteiger partial charge in [-0.1, -0.05) is 12.5 Å². The zero-order chi connectivity index (χ0) is 15.4. The van der Waals surface area contributed by atoms with Crippen molar-refractivity contribution in [1.82, 2.24) is 0 Å². The highest BCUT2D eigenvalue weighted by Gasteiger charge is 2.33. The van der Waals surface area contributed by atoms with Gasteiger partial charge in [0.1, 0.15) is 5.82 Å². The van der Waals surface area contributed by atoms with E-state index in [1.807, 2.05) is 6.92 Å². The molecule has 1 aliphatic carbocycles. The number of rotatable bonds is 4. The Morgan fingerprint density at radius 3 is 2.67 bits per heavy atom. The minimum atomic E-state index is -0.832. The summed E-state index contributed by atoms with van der Waals surface area (Å²) < 4.78 is 13.3. The van der Waals surface area contributed by atoms with Crippen molar-refractivity contribution in [2.75, 3.05) is 11.4 Å². The zero-order valence-corrected chi connectivity index (χ0v) is 12.1. The largest absolute Gasteiger partial charge is 0.481 e. The van der Waals surface area contributed by atoms with Crippen molar-refractivity contribution in [2.45, 2.75) is 32.6 Å². The fraction of sp³-hybridized carbons (Fsp3) is 0.500. The number of carboxylic acids is 1. The number of anilines is 1. The number of halogens is 1. The van der Waals surface area contributed by atoms with Gasteiger partial charge in [-0.2, -0.15) is 0 Å². The number of aliphatic carboxylic acids is 1. The zero-order valence-electron chi connectivity index (χ0n) is 12.1. The molecule has 0 radical (unpaired) electrons. The molecule has 0 saturated heterocycles. The highest BCUT2D eigenvalue weighted by atomic mass is 19.1. The molecule has 2 rings (SSSR count). The topological polar surface area (TPSA) is 57.6 Å².